The standard InChI is InChI=1S/C13H15N3O/c1-17-9-10-5-2-3-6-11(10)16-12-7-4-8-15-13(12)14/h2-8,16H,9H2,1H3,(H2,14,15). The minimum Gasteiger partial charge on any atom is -0.382 e. The van der Waals surface area contributed by atoms with Crippen molar-refractivity contribution in [1.82, 2.24) is 4.98 Å². The molecule has 4 heteroatoms. The normalized spacial score (nSPS) is 10.2. The van der Waals surface area contributed by atoms with Gasteiger partial charge in [-0.25, -0.2) is 4.98 Å². The molecule has 0 fully saturated rings. The number of nitrogens with zero attached hydrogens (tertiary/aromatic N) is 1. The van der Waals surface area contributed by atoms with Crippen LogP contribution < -0.4 is 11.1 Å². The number of para-hydroxylation sites is 1. The second-order valence-corrected chi connectivity index (χ2v) is 3.65. The predicted octanol–water partition coefficient (Wildman–Crippen LogP) is 2.55. The summed E-state index contributed by atoms with van der Waals surface area (Å²) >= 11 is 0. The van der Waals surface area contributed by atoms with E-state index in [-0.39, 0.29) is 0 Å². The lowest BCUT2D eigenvalue weighted by Gasteiger charge is -2.12. The molecule has 0 bridgehead atoms. The van der Waals surface area contributed by atoms with E-state index < -0.39 is 0 Å². The van der Waals surface area contributed by atoms with Crippen LogP contribution in [0.2, 0.25) is 0 Å². The van der Waals surface area contributed by atoms with Crippen LogP contribution >= 0.6 is 0 Å². The fourth-order valence-corrected chi connectivity index (χ4v) is 1.59. The molecule has 0 atom stereocenters. The zero-order valence-electron chi connectivity index (χ0n) is 9.68. The molecule has 0 aliphatic carbocycles. The number of rotatable bonds is 4. The van der Waals surface area contributed by atoms with Crippen molar-refractivity contribution in [2.45, 2.75) is 6.61 Å². The largest absolute Gasteiger partial charge is 0.382 e. The quantitative estimate of drug-likeness (QED) is 0.845. The van der Waals surface area contributed by atoms with Crippen LogP contribution in [0.3, 0.4) is 0 Å². The molecule has 0 radical (unpaired) electrons. The van der Waals surface area contributed by atoms with Gasteiger partial charge in [0.1, 0.15) is 5.82 Å². The van der Waals surface area contributed by atoms with Gasteiger partial charge < -0.3 is 15.8 Å². The number of methoxy groups -OCH3 is 1. The lowest BCUT2D eigenvalue weighted by atomic mass is 10.2. The van der Waals surface area contributed by atoms with Gasteiger partial charge >= 0.3 is 0 Å². The highest BCUT2D eigenvalue weighted by Crippen LogP contribution is 2.24. The Balaban J connectivity index is 2.27. The maximum atomic E-state index is 5.79. The van der Waals surface area contributed by atoms with Gasteiger partial charge in [0.25, 0.3) is 0 Å². The summed E-state index contributed by atoms with van der Waals surface area (Å²) in [7, 11) is 1.68. The van der Waals surface area contributed by atoms with E-state index in [1.54, 1.807) is 13.3 Å². The van der Waals surface area contributed by atoms with E-state index in [1.807, 2.05) is 36.4 Å². The van der Waals surface area contributed by atoms with Gasteiger partial charge in [-0.05, 0) is 18.2 Å². The Morgan fingerprint density at radius 1 is 1.18 bits per heavy atom. The number of benzene rings is 1. The van der Waals surface area contributed by atoms with Crippen molar-refractivity contribution in [3.05, 3.63) is 48.2 Å². The van der Waals surface area contributed by atoms with E-state index >= 15 is 0 Å². The van der Waals surface area contributed by atoms with Crippen LogP contribution in [-0.2, 0) is 11.3 Å². The van der Waals surface area contributed by atoms with Crippen molar-refractivity contribution < 1.29 is 4.74 Å². The molecule has 1 aromatic carbocycles. The molecule has 0 aliphatic rings. The van der Waals surface area contributed by atoms with Crippen LogP contribution in [0.4, 0.5) is 17.2 Å². The average Bonchev–Trinajstić information content (AvgIpc) is 2.35. The average molecular weight is 229 g/mol. The number of hydrogen-bond donors (Lipinski definition) is 2. The van der Waals surface area contributed by atoms with Gasteiger partial charge in [0.05, 0.1) is 12.3 Å². The van der Waals surface area contributed by atoms with Gasteiger partial charge in [0.2, 0.25) is 0 Å². The summed E-state index contributed by atoms with van der Waals surface area (Å²) in [5, 5.41) is 3.26. The third-order valence-corrected chi connectivity index (χ3v) is 2.43. The van der Waals surface area contributed by atoms with Crippen LogP contribution in [0.5, 0.6) is 0 Å². The minimum atomic E-state index is 0.486. The number of ether oxygens (including phenoxy) is 1. The van der Waals surface area contributed by atoms with E-state index in [1.165, 1.54) is 0 Å². The van der Waals surface area contributed by atoms with Gasteiger partial charge in [-0.2, -0.15) is 0 Å². The molecule has 0 saturated carbocycles. The summed E-state index contributed by atoms with van der Waals surface area (Å²) in [6, 6.07) is 11.7. The zero-order chi connectivity index (χ0) is 12.1. The van der Waals surface area contributed by atoms with E-state index in [2.05, 4.69) is 10.3 Å². The Morgan fingerprint density at radius 3 is 2.71 bits per heavy atom. The Bertz CT molecular complexity index is 500. The number of nitrogen functional groups attached to an aromatic ring is 1. The lowest BCUT2D eigenvalue weighted by Crippen LogP contribution is -2.01. The topological polar surface area (TPSA) is 60.2 Å². The van der Waals surface area contributed by atoms with Crippen molar-refractivity contribution >= 4 is 17.2 Å². The monoisotopic (exact) mass is 229 g/mol. The van der Waals surface area contributed by atoms with Gasteiger partial charge in [-0.3, -0.25) is 0 Å². The molecular weight excluding hydrogens is 214 g/mol. The summed E-state index contributed by atoms with van der Waals surface area (Å²) in [5.74, 6) is 0.486. The van der Waals surface area contributed by atoms with Crippen molar-refractivity contribution in [2.75, 3.05) is 18.2 Å². The maximum Gasteiger partial charge on any atom is 0.147 e. The molecule has 0 unspecified atom stereocenters. The lowest BCUT2D eigenvalue weighted by molar-refractivity contribution is 0.185. The number of anilines is 3. The Labute approximate surface area is 100 Å². The summed E-state index contributed by atoms with van der Waals surface area (Å²) < 4.78 is 5.15. The van der Waals surface area contributed by atoms with Gasteiger partial charge in [-0.15, -0.1) is 0 Å². The second kappa shape index (κ2) is 5.32. The molecule has 88 valence electrons. The van der Waals surface area contributed by atoms with Crippen LogP contribution in [-0.4, -0.2) is 12.1 Å². The molecule has 1 heterocycles. The first kappa shape index (κ1) is 11.4. The summed E-state index contributed by atoms with van der Waals surface area (Å²) in [6.45, 7) is 0.559. The van der Waals surface area contributed by atoms with Gasteiger partial charge in [0, 0.05) is 24.6 Å². The highest BCUT2D eigenvalue weighted by atomic mass is 16.5. The fraction of sp³-hybridized carbons (Fsp3) is 0.154. The smallest absolute Gasteiger partial charge is 0.147 e. The van der Waals surface area contributed by atoms with E-state index in [0.29, 0.717) is 12.4 Å². The second-order valence-electron chi connectivity index (χ2n) is 3.65. The molecule has 2 aromatic rings. The maximum absolute atomic E-state index is 5.79. The van der Waals surface area contributed by atoms with Crippen LogP contribution in [0.25, 0.3) is 0 Å². The molecule has 2 rings (SSSR count). The highest BCUT2D eigenvalue weighted by Gasteiger charge is 2.04. The van der Waals surface area contributed by atoms with Crippen molar-refractivity contribution in [3.63, 3.8) is 0 Å². The zero-order valence-corrected chi connectivity index (χ0v) is 9.68. The van der Waals surface area contributed by atoms with Crippen molar-refractivity contribution in [1.29, 1.82) is 0 Å². The molecular formula is C13H15N3O. The molecule has 1 aromatic heterocycles. The molecule has 0 aliphatic heterocycles. The van der Waals surface area contributed by atoms with Crippen LogP contribution in [0, 0.1) is 0 Å². The summed E-state index contributed by atoms with van der Waals surface area (Å²) in [5.41, 5.74) is 8.65. The predicted molar refractivity (Wildman–Crippen MR) is 69.1 cm³/mol. The Kier molecular flexibility index (Phi) is 3.57. The minimum absolute atomic E-state index is 0.486. The van der Waals surface area contributed by atoms with Crippen molar-refractivity contribution in [2.24, 2.45) is 0 Å². The third kappa shape index (κ3) is 2.73. The number of nitrogens with two attached hydrogens (primary N) is 1. The molecule has 0 spiro atoms. The molecule has 0 amide bonds. The van der Waals surface area contributed by atoms with Crippen LogP contribution in [0.1, 0.15) is 5.56 Å². The SMILES string of the molecule is COCc1ccccc1Nc1cccnc1N. The van der Waals surface area contributed by atoms with E-state index in [0.717, 1.165) is 16.9 Å². The number of nitrogens with one attached hydrogen (secondary N) is 1. The van der Waals surface area contributed by atoms with Gasteiger partial charge in [0.15, 0.2) is 0 Å². The van der Waals surface area contributed by atoms with E-state index in [4.69, 9.17) is 10.5 Å². The summed E-state index contributed by atoms with van der Waals surface area (Å²) in [6.07, 6.45) is 1.67. The number of aromatic nitrogens is 1. The molecule has 0 saturated heterocycles. The first-order valence-electron chi connectivity index (χ1n) is 5.35. The fourth-order valence-electron chi connectivity index (χ4n) is 1.59. The molecule has 4 nitrogen and oxygen atoms in total. The van der Waals surface area contributed by atoms with Crippen molar-refractivity contribution in [3.8, 4) is 0 Å². The first-order valence-corrected chi connectivity index (χ1v) is 5.35. The number of pyridine rings is 1. The first-order chi connectivity index (χ1) is 8.31. The summed E-state index contributed by atoms with van der Waals surface area (Å²) in [4.78, 5) is 4.03. The van der Waals surface area contributed by atoms with E-state index in [9.17, 15) is 0 Å². The number of hydrogen-bond acceptors (Lipinski definition) is 4. The Hall–Kier alpha value is -2.07. The van der Waals surface area contributed by atoms with Crippen LogP contribution in [0.15, 0.2) is 42.6 Å². The molecule has 3 N–H and O–H groups in total. The highest BCUT2D eigenvalue weighted by molar-refractivity contribution is 5.71. The Morgan fingerprint density at radius 2 is 1.94 bits per heavy atom. The molecule has 17 heavy (non-hydrogen) atoms. The third-order valence-electron chi connectivity index (χ3n) is 2.43. The van der Waals surface area contributed by atoms with Gasteiger partial charge in [-0.1, -0.05) is 18.2 Å².